The quantitative estimate of drug-likeness (QED) is 0.150. The molecule has 0 spiro atoms. The molecule has 1 aliphatic carbocycles. The van der Waals surface area contributed by atoms with Crippen molar-refractivity contribution in [2.45, 2.75) is 64.5 Å². The lowest BCUT2D eigenvalue weighted by molar-refractivity contribution is -0.384. The standard InChI is InChI=1S/C34H44FN3O6/c1-4-14-37(34(41)44-22-24-8-10-30(11-9-24)38(42)43)29-12-15-36(16-13-29)21-27-17-25(18-31(23(2)3)33(39)40)19-32(27)26-6-5-7-28(35)20-26/h4-11,20,23,25,27,29,31-32H,1,12-19,21-22H2,2-3H3,(H,39,40)/t25?,27-,31?,32-/m1/s1. The Morgan fingerprint density at radius 3 is 2.48 bits per heavy atom. The lowest BCUT2D eigenvalue weighted by atomic mass is 9.85. The van der Waals surface area contributed by atoms with E-state index in [1.807, 2.05) is 19.9 Å². The molecule has 10 heteroatoms. The van der Waals surface area contributed by atoms with Crippen molar-refractivity contribution < 1.29 is 28.7 Å². The van der Waals surface area contributed by atoms with Crippen molar-refractivity contribution in [2.24, 2.45) is 23.7 Å². The number of carboxylic acid groups (broad SMARTS) is 1. The molecule has 0 aromatic heterocycles. The average Bonchev–Trinajstić information content (AvgIpc) is 3.40. The lowest BCUT2D eigenvalue weighted by Crippen LogP contribution is -2.48. The molecule has 0 bridgehead atoms. The number of nitro benzene ring substituents is 1. The summed E-state index contributed by atoms with van der Waals surface area (Å²) in [7, 11) is 0. The molecule has 0 radical (unpaired) electrons. The minimum Gasteiger partial charge on any atom is -0.481 e. The van der Waals surface area contributed by atoms with Crippen LogP contribution in [0.3, 0.4) is 0 Å². The first-order valence-electron chi connectivity index (χ1n) is 15.5. The van der Waals surface area contributed by atoms with E-state index < -0.39 is 22.9 Å². The van der Waals surface area contributed by atoms with E-state index in [4.69, 9.17) is 4.74 Å². The van der Waals surface area contributed by atoms with Gasteiger partial charge in [0, 0.05) is 44.4 Å². The van der Waals surface area contributed by atoms with Gasteiger partial charge in [0.05, 0.1) is 10.8 Å². The minimum absolute atomic E-state index is 0.00804. The molecule has 1 aliphatic heterocycles. The van der Waals surface area contributed by atoms with Gasteiger partial charge in [-0.25, -0.2) is 9.18 Å². The molecule has 1 N–H and O–H groups in total. The van der Waals surface area contributed by atoms with Gasteiger partial charge in [-0.05, 0) is 91.2 Å². The Labute approximate surface area is 258 Å². The first kappa shape index (κ1) is 33.1. The molecule has 9 nitrogen and oxygen atoms in total. The second-order valence-electron chi connectivity index (χ2n) is 12.6. The van der Waals surface area contributed by atoms with Gasteiger partial charge in [0.1, 0.15) is 12.4 Å². The maximum atomic E-state index is 14.2. The summed E-state index contributed by atoms with van der Waals surface area (Å²) in [5.41, 5.74) is 1.63. The number of carbonyl (C=O) groups excluding carboxylic acids is 1. The number of hydrogen-bond acceptors (Lipinski definition) is 6. The smallest absolute Gasteiger partial charge is 0.410 e. The van der Waals surface area contributed by atoms with E-state index in [1.165, 1.54) is 18.2 Å². The number of halogens is 1. The molecule has 2 unspecified atom stereocenters. The fourth-order valence-electron chi connectivity index (χ4n) is 7.00. The molecule has 4 rings (SSSR count). The largest absolute Gasteiger partial charge is 0.481 e. The Balaban J connectivity index is 1.36. The lowest BCUT2D eigenvalue weighted by Gasteiger charge is -2.39. The van der Waals surface area contributed by atoms with Gasteiger partial charge in [-0.2, -0.15) is 0 Å². The van der Waals surface area contributed by atoms with Crippen LogP contribution in [0.5, 0.6) is 0 Å². The number of ether oxygens (including phenoxy) is 1. The van der Waals surface area contributed by atoms with Crippen molar-refractivity contribution in [1.29, 1.82) is 0 Å². The van der Waals surface area contributed by atoms with Gasteiger partial charge in [0.2, 0.25) is 0 Å². The summed E-state index contributed by atoms with van der Waals surface area (Å²) in [6, 6.07) is 12.8. The van der Waals surface area contributed by atoms with Crippen LogP contribution in [-0.2, 0) is 16.1 Å². The SMILES string of the molecule is C=CCN(C(=O)OCc1ccc([N+](=O)[O-])cc1)C1CCN(C[C@H]2CC(CC(C(=O)O)C(C)C)C[C@@H]2c2cccc(F)c2)CC1. The van der Waals surface area contributed by atoms with Crippen molar-refractivity contribution in [2.75, 3.05) is 26.2 Å². The first-order chi connectivity index (χ1) is 21.0. The summed E-state index contributed by atoms with van der Waals surface area (Å²) in [6.45, 7) is 10.6. The second-order valence-corrected chi connectivity index (χ2v) is 12.6. The second kappa shape index (κ2) is 15.3. The summed E-state index contributed by atoms with van der Waals surface area (Å²) >= 11 is 0. The van der Waals surface area contributed by atoms with Crippen LogP contribution in [0.25, 0.3) is 0 Å². The van der Waals surface area contributed by atoms with Crippen LogP contribution in [0.4, 0.5) is 14.9 Å². The predicted molar refractivity (Wildman–Crippen MR) is 166 cm³/mol. The van der Waals surface area contributed by atoms with E-state index in [2.05, 4.69) is 11.5 Å². The summed E-state index contributed by atoms with van der Waals surface area (Å²) in [6.07, 6.45) is 5.19. The summed E-state index contributed by atoms with van der Waals surface area (Å²) in [4.78, 5) is 39.5. The first-order valence-corrected chi connectivity index (χ1v) is 15.5. The molecule has 1 heterocycles. The van der Waals surface area contributed by atoms with Gasteiger partial charge in [-0.1, -0.05) is 32.1 Å². The van der Waals surface area contributed by atoms with Crippen molar-refractivity contribution >= 4 is 17.7 Å². The van der Waals surface area contributed by atoms with Gasteiger partial charge in [0.15, 0.2) is 0 Å². The molecule has 2 fully saturated rings. The molecule has 1 amide bonds. The Morgan fingerprint density at radius 1 is 1.18 bits per heavy atom. The van der Waals surface area contributed by atoms with Gasteiger partial charge in [-0.3, -0.25) is 14.9 Å². The molecule has 238 valence electrons. The van der Waals surface area contributed by atoms with Crippen LogP contribution in [0.15, 0.2) is 61.2 Å². The van der Waals surface area contributed by atoms with Crippen molar-refractivity contribution in [1.82, 2.24) is 9.80 Å². The molecule has 2 aromatic carbocycles. The van der Waals surface area contributed by atoms with Crippen molar-refractivity contribution in [3.63, 3.8) is 0 Å². The highest BCUT2D eigenvalue weighted by molar-refractivity contribution is 5.70. The van der Waals surface area contributed by atoms with Crippen LogP contribution in [0, 0.1) is 39.6 Å². The summed E-state index contributed by atoms with van der Waals surface area (Å²) in [5, 5.41) is 20.7. The number of amides is 1. The summed E-state index contributed by atoms with van der Waals surface area (Å²) in [5.74, 6) is -0.612. The van der Waals surface area contributed by atoms with Crippen LogP contribution in [-0.4, -0.2) is 64.1 Å². The normalized spacial score (nSPS) is 21.6. The zero-order valence-corrected chi connectivity index (χ0v) is 25.6. The molecule has 44 heavy (non-hydrogen) atoms. The molecule has 4 atom stereocenters. The van der Waals surface area contributed by atoms with Gasteiger partial charge < -0.3 is 19.6 Å². The Kier molecular flexibility index (Phi) is 11.5. The van der Waals surface area contributed by atoms with Gasteiger partial charge in [-0.15, -0.1) is 6.58 Å². The third-order valence-electron chi connectivity index (χ3n) is 9.34. The van der Waals surface area contributed by atoms with E-state index in [0.717, 1.165) is 50.9 Å². The Bertz CT molecular complexity index is 1290. The highest BCUT2D eigenvalue weighted by Crippen LogP contribution is 2.46. The average molecular weight is 610 g/mol. The number of nitrogens with zero attached hydrogens (tertiary/aromatic N) is 3. The van der Waals surface area contributed by atoms with Crippen LogP contribution < -0.4 is 0 Å². The van der Waals surface area contributed by atoms with Crippen molar-refractivity contribution in [3.8, 4) is 0 Å². The zero-order valence-electron chi connectivity index (χ0n) is 25.6. The van der Waals surface area contributed by atoms with E-state index in [-0.39, 0.29) is 47.8 Å². The van der Waals surface area contributed by atoms with Crippen LogP contribution in [0.1, 0.15) is 63.0 Å². The maximum absolute atomic E-state index is 14.2. The zero-order chi connectivity index (χ0) is 31.8. The van der Waals surface area contributed by atoms with E-state index in [9.17, 15) is 29.2 Å². The number of benzene rings is 2. The molecule has 1 saturated heterocycles. The molecule has 1 saturated carbocycles. The fourth-order valence-corrected chi connectivity index (χ4v) is 7.00. The number of non-ortho nitro benzene ring substituents is 1. The molecular weight excluding hydrogens is 565 g/mol. The number of hydrogen-bond donors (Lipinski definition) is 1. The highest BCUT2D eigenvalue weighted by atomic mass is 19.1. The highest BCUT2D eigenvalue weighted by Gasteiger charge is 2.39. The van der Waals surface area contributed by atoms with E-state index in [0.29, 0.717) is 18.5 Å². The third kappa shape index (κ3) is 8.65. The Morgan fingerprint density at radius 2 is 1.89 bits per heavy atom. The van der Waals surface area contributed by atoms with Gasteiger partial charge >= 0.3 is 12.1 Å². The fraction of sp³-hybridized carbons (Fsp3) is 0.529. The van der Waals surface area contributed by atoms with Crippen LogP contribution >= 0.6 is 0 Å². The number of piperidine rings is 1. The van der Waals surface area contributed by atoms with Crippen LogP contribution in [0.2, 0.25) is 0 Å². The number of nitro groups is 1. The summed E-state index contributed by atoms with van der Waals surface area (Å²) < 4.78 is 19.8. The third-order valence-corrected chi connectivity index (χ3v) is 9.34. The van der Waals surface area contributed by atoms with Gasteiger partial charge in [0.25, 0.3) is 5.69 Å². The predicted octanol–water partition coefficient (Wildman–Crippen LogP) is 6.88. The Hall–Kier alpha value is -3.79. The molecule has 2 aliphatic rings. The number of likely N-dealkylation sites (tertiary alicyclic amines) is 1. The molecular formula is C34H44FN3O6. The number of aliphatic carboxylic acids is 1. The maximum Gasteiger partial charge on any atom is 0.410 e. The van der Waals surface area contributed by atoms with Crippen molar-refractivity contribution in [3.05, 3.63) is 88.2 Å². The minimum atomic E-state index is -0.747. The number of rotatable bonds is 13. The van der Waals surface area contributed by atoms with E-state index in [1.54, 1.807) is 35.2 Å². The van der Waals surface area contributed by atoms with E-state index >= 15 is 0 Å². The monoisotopic (exact) mass is 609 g/mol. The number of carbonyl (C=O) groups is 2. The topological polar surface area (TPSA) is 113 Å². The molecule has 2 aromatic rings. The number of carboxylic acids is 1.